The van der Waals surface area contributed by atoms with Crippen LogP contribution in [0.2, 0.25) is 0 Å². The third kappa shape index (κ3) is 5.17. The Bertz CT molecular complexity index is 221. The van der Waals surface area contributed by atoms with E-state index in [1.807, 2.05) is 0 Å². The first-order valence-electron chi connectivity index (χ1n) is 4.27. The maximum absolute atomic E-state index is 11.3. The molecule has 13 heavy (non-hydrogen) atoms. The Hall–Kier alpha value is -1.12. The second-order valence-electron chi connectivity index (χ2n) is 3.70. The summed E-state index contributed by atoms with van der Waals surface area (Å²) in [6.45, 7) is 7.44. The van der Waals surface area contributed by atoms with Crippen molar-refractivity contribution in [1.29, 1.82) is 0 Å². The summed E-state index contributed by atoms with van der Waals surface area (Å²) < 4.78 is 4.63. The molecule has 0 aromatic rings. The molecule has 0 fully saturated rings. The lowest BCUT2D eigenvalue weighted by Gasteiger charge is -2.12. The van der Waals surface area contributed by atoms with Crippen molar-refractivity contribution in [2.45, 2.75) is 27.7 Å². The minimum Gasteiger partial charge on any atom is -0.463 e. The summed E-state index contributed by atoms with van der Waals surface area (Å²) in [4.78, 5) is 22.1. The first-order valence-corrected chi connectivity index (χ1v) is 4.27. The number of ether oxygens (including phenoxy) is 1. The largest absolute Gasteiger partial charge is 0.463 e. The molecule has 3 nitrogen and oxygen atoms in total. The Labute approximate surface area is 78.8 Å². The van der Waals surface area contributed by atoms with Gasteiger partial charge in [0.2, 0.25) is 0 Å². The van der Waals surface area contributed by atoms with Crippen LogP contribution in [0.25, 0.3) is 0 Å². The van der Waals surface area contributed by atoms with Crippen molar-refractivity contribution in [3.05, 3.63) is 12.2 Å². The maximum Gasteiger partial charge on any atom is 0.330 e. The molecule has 0 aliphatic carbocycles. The standard InChI is InChI=1S/C10H16O3/c1-5-13-9(12)7-6-8(11)10(2,3)4/h6-7H,5H2,1-4H3/b7-6-. The average Bonchev–Trinajstić information content (AvgIpc) is 1.99. The number of esters is 1. The van der Waals surface area contributed by atoms with E-state index in [9.17, 15) is 9.59 Å². The second-order valence-corrected chi connectivity index (χ2v) is 3.70. The molecule has 0 unspecified atom stereocenters. The molecule has 0 aromatic carbocycles. The van der Waals surface area contributed by atoms with Gasteiger partial charge >= 0.3 is 5.97 Å². The highest BCUT2D eigenvalue weighted by Gasteiger charge is 2.18. The second kappa shape index (κ2) is 4.80. The smallest absolute Gasteiger partial charge is 0.330 e. The Kier molecular flexibility index (Phi) is 4.38. The number of hydrogen-bond acceptors (Lipinski definition) is 3. The Balaban J connectivity index is 4.13. The molecule has 74 valence electrons. The van der Waals surface area contributed by atoms with Crippen molar-refractivity contribution in [2.75, 3.05) is 6.61 Å². The summed E-state index contributed by atoms with van der Waals surface area (Å²) >= 11 is 0. The fraction of sp³-hybridized carbons (Fsp3) is 0.600. The van der Waals surface area contributed by atoms with Crippen LogP contribution in [0.3, 0.4) is 0 Å². The average molecular weight is 184 g/mol. The monoisotopic (exact) mass is 184 g/mol. The van der Waals surface area contributed by atoms with Crippen LogP contribution >= 0.6 is 0 Å². The number of rotatable bonds is 3. The van der Waals surface area contributed by atoms with Gasteiger partial charge in [-0.1, -0.05) is 20.8 Å². The van der Waals surface area contributed by atoms with Gasteiger partial charge in [0.05, 0.1) is 6.61 Å². The van der Waals surface area contributed by atoms with Gasteiger partial charge in [-0.3, -0.25) is 4.79 Å². The summed E-state index contributed by atoms with van der Waals surface area (Å²) in [5.41, 5.74) is -0.441. The van der Waals surface area contributed by atoms with Gasteiger partial charge in [-0.15, -0.1) is 0 Å². The number of ketones is 1. The molecule has 0 atom stereocenters. The summed E-state index contributed by atoms with van der Waals surface area (Å²) in [6, 6.07) is 0. The Morgan fingerprint density at radius 2 is 1.77 bits per heavy atom. The fourth-order valence-electron chi connectivity index (χ4n) is 0.584. The molecule has 0 radical (unpaired) electrons. The van der Waals surface area contributed by atoms with Crippen LogP contribution in [0.5, 0.6) is 0 Å². The van der Waals surface area contributed by atoms with E-state index in [0.717, 1.165) is 6.08 Å². The van der Waals surface area contributed by atoms with Crippen LogP contribution in [-0.4, -0.2) is 18.4 Å². The molecule has 0 saturated carbocycles. The zero-order valence-electron chi connectivity index (χ0n) is 8.59. The van der Waals surface area contributed by atoms with E-state index in [2.05, 4.69) is 4.74 Å². The highest BCUT2D eigenvalue weighted by molar-refractivity contribution is 5.98. The van der Waals surface area contributed by atoms with Crippen molar-refractivity contribution in [3.63, 3.8) is 0 Å². The molecule has 3 heteroatoms. The summed E-state index contributed by atoms with van der Waals surface area (Å²) in [6.07, 6.45) is 2.43. The Morgan fingerprint density at radius 1 is 1.23 bits per heavy atom. The van der Waals surface area contributed by atoms with Crippen molar-refractivity contribution in [1.82, 2.24) is 0 Å². The fourth-order valence-corrected chi connectivity index (χ4v) is 0.584. The predicted molar refractivity (Wildman–Crippen MR) is 50.2 cm³/mol. The van der Waals surface area contributed by atoms with Crippen molar-refractivity contribution in [3.8, 4) is 0 Å². The van der Waals surface area contributed by atoms with Gasteiger partial charge in [0.1, 0.15) is 0 Å². The molecule has 0 heterocycles. The topological polar surface area (TPSA) is 43.4 Å². The Morgan fingerprint density at radius 3 is 2.15 bits per heavy atom. The zero-order chi connectivity index (χ0) is 10.5. The zero-order valence-corrected chi connectivity index (χ0v) is 8.59. The summed E-state index contributed by atoms with van der Waals surface area (Å²) in [5.74, 6) is -0.555. The van der Waals surface area contributed by atoms with E-state index >= 15 is 0 Å². The molecule has 0 N–H and O–H groups in total. The lowest BCUT2D eigenvalue weighted by molar-refractivity contribution is -0.137. The molecule has 0 aromatic heterocycles. The minimum atomic E-state index is -0.472. The summed E-state index contributed by atoms with van der Waals surface area (Å²) in [5, 5.41) is 0. The molecular weight excluding hydrogens is 168 g/mol. The maximum atomic E-state index is 11.3. The number of hydrogen-bond donors (Lipinski definition) is 0. The van der Waals surface area contributed by atoms with E-state index in [0.29, 0.717) is 6.61 Å². The van der Waals surface area contributed by atoms with Crippen LogP contribution in [0.15, 0.2) is 12.2 Å². The van der Waals surface area contributed by atoms with E-state index in [4.69, 9.17) is 0 Å². The van der Waals surface area contributed by atoms with E-state index in [1.165, 1.54) is 6.08 Å². The molecule has 0 aliphatic heterocycles. The normalized spacial score (nSPS) is 11.7. The van der Waals surface area contributed by atoms with Gasteiger partial charge in [0.25, 0.3) is 0 Å². The lowest BCUT2D eigenvalue weighted by Crippen LogP contribution is -2.17. The third-order valence-corrected chi connectivity index (χ3v) is 1.40. The van der Waals surface area contributed by atoms with Crippen LogP contribution in [0, 0.1) is 5.41 Å². The third-order valence-electron chi connectivity index (χ3n) is 1.40. The van der Waals surface area contributed by atoms with Crippen molar-refractivity contribution in [2.24, 2.45) is 5.41 Å². The number of carbonyl (C=O) groups excluding carboxylic acids is 2. The van der Waals surface area contributed by atoms with E-state index < -0.39 is 11.4 Å². The molecule has 0 saturated heterocycles. The van der Waals surface area contributed by atoms with Crippen molar-refractivity contribution < 1.29 is 14.3 Å². The highest BCUT2D eigenvalue weighted by Crippen LogP contribution is 2.14. The first-order chi connectivity index (χ1) is 5.88. The van der Waals surface area contributed by atoms with Gasteiger partial charge in [-0.2, -0.15) is 0 Å². The molecule has 0 bridgehead atoms. The van der Waals surface area contributed by atoms with Crippen LogP contribution in [-0.2, 0) is 14.3 Å². The van der Waals surface area contributed by atoms with Crippen LogP contribution < -0.4 is 0 Å². The molecule has 0 spiro atoms. The lowest BCUT2D eigenvalue weighted by atomic mass is 9.91. The highest BCUT2D eigenvalue weighted by atomic mass is 16.5. The predicted octanol–water partition coefficient (Wildman–Crippen LogP) is 1.72. The summed E-state index contributed by atoms with van der Waals surface area (Å²) in [7, 11) is 0. The molecular formula is C10H16O3. The molecule has 0 rings (SSSR count). The van der Waals surface area contributed by atoms with Crippen molar-refractivity contribution >= 4 is 11.8 Å². The number of carbonyl (C=O) groups is 2. The van der Waals surface area contributed by atoms with Gasteiger partial charge in [-0.25, -0.2) is 4.79 Å². The van der Waals surface area contributed by atoms with Crippen LogP contribution in [0.1, 0.15) is 27.7 Å². The minimum absolute atomic E-state index is 0.0828. The molecule has 0 aliphatic rings. The quantitative estimate of drug-likeness (QED) is 0.495. The van der Waals surface area contributed by atoms with E-state index in [1.54, 1.807) is 27.7 Å². The van der Waals surface area contributed by atoms with Gasteiger partial charge in [0, 0.05) is 11.5 Å². The van der Waals surface area contributed by atoms with Gasteiger partial charge < -0.3 is 4.74 Å². The van der Waals surface area contributed by atoms with E-state index in [-0.39, 0.29) is 5.78 Å². The van der Waals surface area contributed by atoms with Crippen LogP contribution in [0.4, 0.5) is 0 Å². The van der Waals surface area contributed by atoms with Gasteiger partial charge in [0.15, 0.2) is 5.78 Å². The number of allylic oxidation sites excluding steroid dienone is 1. The SMILES string of the molecule is CCOC(=O)/C=C\C(=O)C(C)(C)C. The molecule has 0 amide bonds. The van der Waals surface area contributed by atoms with Gasteiger partial charge in [-0.05, 0) is 13.0 Å². The first kappa shape index (κ1) is 11.9.